The minimum absolute atomic E-state index is 0.0702. The summed E-state index contributed by atoms with van der Waals surface area (Å²) in [7, 11) is -3.85. The molecule has 9 heteroatoms. The van der Waals surface area contributed by atoms with Crippen LogP contribution in [-0.2, 0) is 10.0 Å². The first-order valence-corrected chi connectivity index (χ1v) is 8.49. The summed E-state index contributed by atoms with van der Waals surface area (Å²) in [5.74, 6) is -0.708. The number of carboxylic acids is 1. The van der Waals surface area contributed by atoms with E-state index in [4.69, 9.17) is 5.11 Å². The molecule has 0 unspecified atom stereocenters. The van der Waals surface area contributed by atoms with Crippen molar-refractivity contribution in [3.05, 3.63) is 35.0 Å². The number of carbonyl (C=O) groups is 1. The summed E-state index contributed by atoms with van der Waals surface area (Å²) in [4.78, 5) is 18.6. The number of thiazole rings is 1. The van der Waals surface area contributed by atoms with Gasteiger partial charge in [0, 0.05) is 17.5 Å². The van der Waals surface area contributed by atoms with Gasteiger partial charge in [-0.2, -0.15) is 8.42 Å². The Kier molecular flexibility index (Phi) is 3.38. The Morgan fingerprint density at radius 2 is 2.14 bits per heavy atom. The molecule has 0 aromatic carbocycles. The Morgan fingerprint density at radius 3 is 2.71 bits per heavy atom. The third-order valence-electron chi connectivity index (χ3n) is 3.00. The van der Waals surface area contributed by atoms with Crippen molar-refractivity contribution in [2.45, 2.75) is 23.8 Å². The lowest BCUT2D eigenvalue weighted by molar-refractivity contribution is 0.0696. The first kappa shape index (κ1) is 14.0. The summed E-state index contributed by atoms with van der Waals surface area (Å²) in [5.41, 5.74) is 0.839. The second-order valence-corrected chi connectivity index (χ2v) is 7.13. The van der Waals surface area contributed by atoms with Gasteiger partial charge in [-0.25, -0.2) is 14.8 Å². The van der Waals surface area contributed by atoms with Gasteiger partial charge in [0.05, 0.1) is 11.3 Å². The van der Waals surface area contributed by atoms with Crippen LogP contribution in [-0.4, -0.2) is 29.5 Å². The van der Waals surface area contributed by atoms with E-state index in [1.165, 1.54) is 17.4 Å². The molecule has 2 heterocycles. The lowest BCUT2D eigenvalue weighted by Gasteiger charge is -2.04. The molecule has 0 saturated heterocycles. The first-order chi connectivity index (χ1) is 9.95. The second-order valence-electron chi connectivity index (χ2n) is 4.65. The summed E-state index contributed by atoms with van der Waals surface area (Å²) in [5, 5.41) is 10.7. The predicted octanol–water partition coefficient (Wildman–Crippen LogP) is 1.91. The molecular weight excluding hydrogens is 314 g/mol. The molecule has 110 valence electrons. The molecule has 1 aliphatic rings. The minimum atomic E-state index is -3.85. The molecule has 2 aromatic rings. The maximum atomic E-state index is 12.1. The van der Waals surface area contributed by atoms with Crippen LogP contribution in [0.15, 0.2) is 28.7 Å². The molecule has 2 N–H and O–H groups in total. The lowest BCUT2D eigenvalue weighted by atomic mass is 10.3. The summed E-state index contributed by atoms with van der Waals surface area (Å²) in [6.45, 7) is 0. The number of hydrogen-bond acceptors (Lipinski definition) is 6. The highest BCUT2D eigenvalue weighted by molar-refractivity contribution is 7.92. The topological polar surface area (TPSA) is 109 Å². The zero-order valence-electron chi connectivity index (χ0n) is 10.7. The average Bonchev–Trinajstić information content (AvgIpc) is 3.20. The Morgan fingerprint density at radius 1 is 1.38 bits per heavy atom. The van der Waals surface area contributed by atoms with Crippen LogP contribution in [0.25, 0.3) is 0 Å². The molecule has 0 bridgehead atoms. The Bertz CT molecular complexity index is 779. The largest absolute Gasteiger partial charge is 0.478 e. The number of pyridine rings is 1. The van der Waals surface area contributed by atoms with Crippen molar-refractivity contribution in [2.24, 2.45) is 0 Å². The summed E-state index contributed by atoms with van der Waals surface area (Å²) in [6.07, 6.45) is 3.19. The number of nitrogens with zero attached hydrogens (tertiary/aromatic N) is 2. The molecule has 0 amide bonds. The summed E-state index contributed by atoms with van der Waals surface area (Å²) >= 11 is 1.22. The van der Waals surface area contributed by atoms with E-state index >= 15 is 0 Å². The molecule has 21 heavy (non-hydrogen) atoms. The van der Waals surface area contributed by atoms with Crippen molar-refractivity contribution in [2.75, 3.05) is 4.72 Å². The zero-order valence-corrected chi connectivity index (χ0v) is 12.3. The fraction of sp³-hybridized carbons (Fsp3) is 0.250. The molecule has 1 aliphatic carbocycles. The van der Waals surface area contributed by atoms with Crippen LogP contribution in [0.4, 0.5) is 5.13 Å². The fourth-order valence-electron chi connectivity index (χ4n) is 1.73. The molecule has 0 radical (unpaired) electrons. The molecule has 0 aliphatic heterocycles. The van der Waals surface area contributed by atoms with E-state index in [-0.39, 0.29) is 10.6 Å². The van der Waals surface area contributed by atoms with Crippen molar-refractivity contribution in [1.82, 2.24) is 9.97 Å². The van der Waals surface area contributed by atoms with E-state index in [2.05, 4.69) is 14.7 Å². The maximum Gasteiger partial charge on any atom is 0.337 e. The van der Waals surface area contributed by atoms with Crippen LogP contribution in [0.2, 0.25) is 0 Å². The highest BCUT2D eigenvalue weighted by Gasteiger charge is 2.27. The van der Waals surface area contributed by atoms with Crippen LogP contribution >= 0.6 is 11.3 Å². The lowest BCUT2D eigenvalue weighted by Crippen LogP contribution is -2.14. The van der Waals surface area contributed by atoms with Crippen molar-refractivity contribution >= 4 is 32.5 Å². The highest BCUT2D eigenvalue weighted by Crippen LogP contribution is 2.41. The van der Waals surface area contributed by atoms with Crippen LogP contribution in [0, 0.1) is 0 Å². The molecule has 1 saturated carbocycles. The Labute approximate surface area is 124 Å². The van der Waals surface area contributed by atoms with Gasteiger partial charge in [0.2, 0.25) is 0 Å². The van der Waals surface area contributed by atoms with Crippen molar-refractivity contribution < 1.29 is 18.3 Å². The van der Waals surface area contributed by atoms with Gasteiger partial charge in [0.15, 0.2) is 10.2 Å². The number of hydrogen-bond donors (Lipinski definition) is 2. The number of anilines is 1. The average molecular weight is 325 g/mol. The van der Waals surface area contributed by atoms with Crippen LogP contribution in [0.1, 0.15) is 34.8 Å². The van der Waals surface area contributed by atoms with Crippen LogP contribution in [0.5, 0.6) is 0 Å². The quantitative estimate of drug-likeness (QED) is 0.869. The maximum absolute atomic E-state index is 12.1. The van der Waals surface area contributed by atoms with E-state index in [1.807, 2.05) is 5.38 Å². The zero-order chi connectivity index (χ0) is 15.0. The fourth-order valence-corrected chi connectivity index (χ4v) is 3.71. The summed E-state index contributed by atoms with van der Waals surface area (Å²) < 4.78 is 26.6. The molecule has 0 spiro atoms. The van der Waals surface area contributed by atoms with Gasteiger partial charge in [-0.05, 0) is 25.0 Å². The van der Waals surface area contributed by atoms with Gasteiger partial charge in [-0.15, -0.1) is 11.3 Å². The monoisotopic (exact) mass is 325 g/mol. The molecule has 7 nitrogen and oxygen atoms in total. The molecule has 1 fully saturated rings. The van der Waals surface area contributed by atoms with Crippen LogP contribution < -0.4 is 4.72 Å². The normalized spacial score (nSPS) is 14.9. The van der Waals surface area contributed by atoms with E-state index in [9.17, 15) is 13.2 Å². The van der Waals surface area contributed by atoms with E-state index in [1.54, 1.807) is 0 Å². The molecular formula is C12H11N3O4S2. The number of nitrogens with one attached hydrogen (secondary N) is 1. The van der Waals surface area contributed by atoms with Gasteiger partial charge in [0.1, 0.15) is 0 Å². The van der Waals surface area contributed by atoms with Gasteiger partial charge >= 0.3 is 5.97 Å². The molecule has 0 atom stereocenters. The van der Waals surface area contributed by atoms with Gasteiger partial charge in [-0.1, -0.05) is 0 Å². The number of aromatic nitrogens is 2. The highest BCUT2D eigenvalue weighted by atomic mass is 32.2. The molecule has 2 aromatic heterocycles. The smallest absolute Gasteiger partial charge is 0.337 e. The number of aromatic carboxylic acids is 1. The number of sulfonamides is 1. The van der Waals surface area contributed by atoms with Gasteiger partial charge < -0.3 is 5.11 Å². The van der Waals surface area contributed by atoms with Crippen molar-refractivity contribution in [1.29, 1.82) is 0 Å². The van der Waals surface area contributed by atoms with Gasteiger partial charge in [-0.3, -0.25) is 4.72 Å². The van der Waals surface area contributed by atoms with Crippen molar-refractivity contribution in [3.8, 4) is 0 Å². The van der Waals surface area contributed by atoms with Crippen LogP contribution in [0.3, 0.4) is 0 Å². The number of carboxylic acid groups (broad SMARTS) is 1. The van der Waals surface area contributed by atoms with E-state index in [0.717, 1.165) is 30.8 Å². The predicted molar refractivity (Wildman–Crippen MR) is 76.1 cm³/mol. The Balaban J connectivity index is 1.80. The minimum Gasteiger partial charge on any atom is -0.478 e. The first-order valence-electron chi connectivity index (χ1n) is 6.13. The van der Waals surface area contributed by atoms with E-state index in [0.29, 0.717) is 11.0 Å². The van der Waals surface area contributed by atoms with E-state index < -0.39 is 16.0 Å². The van der Waals surface area contributed by atoms with Gasteiger partial charge in [0.25, 0.3) is 10.0 Å². The standard InChI is InChI=1S/C12H11N3O4S2/c16-11(17)8-3-4-10(13-5-8)21(18,19)15-12-14-9(6-20-12)7-1-2-7/h3-7H,1-2H2,(H,14,15)(H,16,17). The summed E-state index contributed by atoms with van der Waals surface area (Å²) in [6, 6.07) is 2.35. The SMILES string of the molecule is O=C(O)c1ccc(S(=O)(=O)Nc2nc(C3CC3)cs2)nc1. The van der Waals surface area contributed by atoms with Crippen molar-refractivity contribution in [3.63, 3.8) is 0 Å². The molecule has 3 rings (SSSR count). The second kappa shape index (κ2) is 5.08. The Hall–Kier alpha value is -2.00. The third kappa shape index (κ3) is 3.03. The third-order valence-corrected chi connectivity index (χ3v) is 5.16. The number of rotatable bonds is 5.